The number of hydrogen-bond acceptors (Lipinski definition) is 3. The minimum absolute atomic E-state index is 0.0314. The molecule has 0 spiro atoms. The van der Waals surface area contributed by atoms with Gasteiger partial charge in [0.1, 0.15) is 5.69 Å². The van der Waals surface area contributed by atoms with Crippen molar-refractivity contribution in [2.45, 2.75) is 0 Å². The van der Waals surface area contributed by atoms with Crippen molar-refractivity contribution in [2.24, 2.45) is 0 Å². The number of carbonyl (C=O) groups is 1. The summed E-state index contributed by atoms with van der Waals surface area (Å²) in [5.41, 5.74) is 1.70. The number of hydrogen-bond donors (Lipinski definition) is 2. The molecule has 3 rings (SSSR count). The maximum absolute atomic E-state index is 10.8. The lowest BCUT2D eigenvalue weighted by molar-refractivity contribution is 0.0690. The molecular weight excluding hydrogens is 332 g/mol. The molecule has 104 valence electrons. The predicted octanol–water partition coefficient (Wildman–Crippen LogP) is 4.44. The molecule has 0 aliphatic rings. The molecule has 0 aliphatic heterocycles. The van der Waals surface area contributed by atoms with Crippen LogP contribution in [0.4, 0.5) is 11.4 Å². The molecule has 0 saturated carbocycles. The van der Waals surface area contributed by atoms with Crippen molar-refractivity contribution in [2.75, 3.05) is 5.32 Å². The number of aromatic carboxylic acids is 1. The van der Waals surface area contributed by atoms with Gasteiger partial charge in [0.25, 0.3) is 0 Å². The Morgan fingerprint density at radius 3 is 2.43 bits per heavy atom. The molecule has 0 unspecified atom stereocenters. The van der Waals surface area contributed by atoms with Crippen LogP contribution in [0.3, 0.4) is 0 Å². The first-order valence-electron chi connectivity index (χ1n) is 6.27. The second kappa shape index (κ2) is 5.54. The third-order valence-electron chi connectivity index (χ3n) is 3.07. The van der Waals surface area contributed by atoms with Crippen LogP contribution in [0.1, 0.15) is 10.5 Å². The van der Waals surface area contributed by atoms with Gasteiger partial charge in [-0.05, 0) is 47.2 Å². The van der Waals surface area contributed by atoms with Crippen LogP contribution in [0.2, 0.25) is 0 Å². The summed E-state index contributed by atoms with van der Waals surface area (Å²) in [6, 6.07) is 15.3. The zero-order valence-corrected chi connectivity index (χ0v) is 12.5. The summed E-state index contributed by atoms with van der Waals surface area (Å²) in [5, 5.41) is 14.3. The van der Waals surface area contributed by atoms with E-state index >= 15 is 0 Å². The van der Waals surface area contributed by atoms with Crippen molar-refractivity contribution in [1.82, 2.24) is 4.98 Å². The van der Waals surface area contributed by atoms with Gasteiger partial charge in [0, 0.05) is 10.2 Å². The van der Waals surface area contributed by atoms with E-state index < -0.39 is 5.97 Å². The summed E-state index contributed by atoms with van der Waals surface area (Å²) < 4.78 is 1.05. The van der Waals surface area contributed by atoms with E-state index in [2.05, 4.69) is 32.3 Å². The number of aromatic nitrogens is 1. The minimum Gasteiger partial charge on any atom is -0.477 e. The maximum Gasteiger partial charge on any atom is 0.354 e. The first-order chi connectivity index (χ1) is 10.1. The van der Waals surface area contributed by atoms with E-state index in [1.54, 1.807) is 6.07 Å². The van der Waals surface area contributed by atoms with Crippen LogP contribution in [0.15, 0.2) is 59.2 Å². The Morgan fingerprint density at radius 2 is 1.71 bits per heavy atom. The fraction of sp³-hybridized carbons (Fsp3) is 0. The highest BCUT2D eigenvalue weighted by Crippen LogP contribution is 2.24. The molecule has 5 heteroatoms. The van der Waals surface area contributed by atoms with E-state index in [-0.39, 0.29) is 5.69 Å². The Hall–Kier alpha value is -2.40. The lowest BCUT2D eigenvalue weighted by Gasteiger charge is -2.08. The van der Waals surface area contributed by atoms with Crippen LogP contribution in [0.5, 0.6) is 0 Å². The topological polar surface area (TPSA) is 62.2 Å². The van der Waals surface area contributed by atoms with E-state index in [4.69, 9.17) is 5.11 Å². The van der Waals surface area contributed by atoms with Gasteiger partial charge >= 0.3 is 5.97 Å². The number of nitrogens with zero attached hydrogens (tertiary/aromatic N) is 1. The predicted molar refractivity (Wildman–Crippen MR) is 86.1 cm³/mol. The minimum atomic E-state index is -1.03. The van der Waals surface area contributed by atoms with Gasteiger partial charge in [0.05, 0.1) is 11.9 Å². The van der Waals surface area contributed by atoms with Gasteiger partial charge < -0.3 is 10.4 Å². The van der Waals surface area contributed by atoms with Crippen molar-refractivity contribution in [1.29, 1.82) is 0 Å². The molecule has 2 N–H and O–H groups in total. The summed E-state index contributed by atoms with van der Waals surface area (Å²) in [6.45, 7) is 0. The number of pyridine rings is 1. The number of halogens is 1. The van der Waals surface area contributed by atoms with Crippen LogP contribution in [0, 0.1) is 0 Å². The molecule has 2 aromatic carbocycles. The van der Waals surface area contributed by atoms with Crippen molar-refractivity contribution >= 4 is 44.0 Å². The van der Waals surface area contributed by atoms with Crippen molar-refractivity contribution in [3.8, 4) is 0 Å². The van der Waals surface area contributed by atoms with Crippen LogP contribution < -0.4 is 5.32 Å². The number of rotatable bonds is 3. The van der Waals surface area contributed by atoms with Crippen molar-refractivity contribution in [3.05, 3.63) is 64.9 Å². The monoisotopic (exact) mass is 342 g/mol. The lowest BCUT2D eigenvalue weighted by atomic mass is 10.1. The molecule has 0 amide bonds. The second-order valence-corrected chi connectivity index (χ2v) is 5.48. The largest absolute Gasteiger partial charge is 0.477 e. The average molecular weight is 343 g/mol. The average Bonchev–Trinajstić information content (AvgIpc) is 2.48. The second-order valence-electron chi connectivity index (χ2n) is 4.57. The van der Waals surface area contributed by atoms with Gasteiger partial charge in [-0.1, -0.05) is 28.1 Å². The molecule has 1 heterocycles. The highest BCUT2D eigenvalue weighted by Gasteiger charge is 2.04. The third kappa shape index (κ3) is 3.03. The number of fused-ring (bicyclic) bond motifs is 1. The Kier molecular flexibility index (Phi) is 3.58. The van der Waals surface area contributed by atoms with Gasteiger partial charge in [0.2, 0.25) is 0 Å². The van der Waals surface area contributed by atoms with Gasteiger partial charge in [-0.2, -0.15) is 0 Å². The summed E-state index contributed by atoms with van der Waals surface area (Å²) >= 11 is 3.45. The quantitative estimate of drug-likeness (QED) is 0.738. The number of benzene rings is 2. The molecule has 0 saturated heterocycles. The maximum atomic E-state index is 10.8. The Labute approximate surface area is 129 Å². The molecule has 0 bridgehead atoms. The summed E-state index contributed by atoms with van der Waals surface area (Å²) in [4.78, 5) is 14.6. The number of carboxylic acids is 1. The number of anilines is 2. The van der Waals surface area contributed by atoms with Crippen LogP contribution in [-0.2, 0) is 0 Å². The fourth-order valence-electron chi connectivity index (χ4n) is 2.06. The summed E-state index contributed by atoms with van der Waals surface area (Å²) in [5.74, 6) is -1.03. The van der Waals surface area contributed by atoms with Gasteiger partial charge in [0.15, 0.2) is 0 Å². The SMILES string of the molecule is O=C(O)c1ccc(Nc2ccc3cc(Br)ccc3c2)cn1. The van der Waals surface area contributed by atoms with Gasteiger partial charge in [-0.15, -0.1) is 0 Å². The molecule has 0 atom stereocenters. The smallest absolute Gasteiger partial charge is 0.354 e. The first kappa shape index (κ1) is 13.6. The number of carboxylic acid groups (broad SMARTS) is 1. The normalized spacial score (nSPS) is 10.5. The lowest BCUT2D eigenvalue weighted by Crippen LogP contribution is -2.00. The van der Waals surface area contributed by atoms with Crippen LogP contribution >= 0.6 is 15.9 Å². The molecule has 21 heavy (non-hydrogen) atoms. The molecule has 1 aromatic heterocycles. The van der Waals surface area contributed by atoms with E-state index in [1.165, 1.54) is 12.3 Å². The van der Waals surface area contributed by atoms with E-state index in [0.717, 1.165) is 26.6 Å². The zero-order chi connectivity index (χ0) is 14.8. The third-order valence-corrected chi connectivity index (χ3v) is 3.57. The summed E-state index contributed by atoms with van der Waals surface area (Å²) in [7, 11) is 0. The Morgan fingerprint density at radius 1 is 1.00 bits per heavy atom. The Balaban J connectivity index is 1.87. The number of nitrogens with one attached hydrogen (secondary N) is 1. The van der Waals surface area contributed by atoms with Gasteiger partial charge in [-0.3, -0.25) is 0 Å². The van der Waals surface area contributed by atoms with E-state index in [0.29, 0.717) is 0 Å². The van der Waals surface area contributed by atoms with E-state index in [1.807, 2.05) is 30.3 Å². The van der Waals surface area contributed by atoms with Crippen molar-refractivity contribution < 1.29 is 9.90 Å². The molecular formula is C16H11BrN2O2. The molecule has 3 aromatic rings. The van der Waals surface area contributed by atoms with Gasteiger partial charge in [-0.25, -0.2) is 9.78 Å². The fourth-order valence-corrected chi connectivity index (χ4v) is 2.43. The molecule has 4 nitrogen and oxygen atoms in total. The van der Waals surface area contributed by atoms with Crippen LogP contribution in [-0.4, -0.2) is 16.1 Å². The Bertz CT molecular complexity index is 816. The standard InChI is InChI=1S/C16H11BrN2O2/c17-12-3-1-11-8-13(4-2-10(11)7-12)19-14-5-6-15(16(20)21)18-9-14/h1-9,19H,(H,20,21). The first-order valence-corrected chi connectivity index (χ1v) is 7.07. The summed E-state index contributed by atoms with van der Waals surface area (Å²) in [6.07, 6.45) is 1.51. The highest BCUT2D eigenvalue weighted by atomic mass is 79.9. The molecule has 0 fully saturated rings. The van der Waals surface area contributed by atoms with E-state index in [9.17, 15) is 4.79 Å². The van der Waals surface area contributed by atoms with Crippen molar-refractivity contribution in [3.63, 3.8) is 0 Å². The highest BCUT2D eigenvalue weighted by molar-refractivity contribution is 9.10. The van der Waals surface area contributed by atoms with Crippen LogP contribution in [0.25, 0.3) is 10.8 Å². The molecule has 0 radical (unpaired) electrons. The molecule has 0 aliphatic carbocycles. The zero-order valence-electron chi connectivity index (χ0n) is 10.9.